The van der Waals surface area contributed by atoms with Crippen LogP contribution in [0.1, 0.15) is 34.5 Å². The summed E-state index contributed by atoms with van der Waals surface area (Å²) in [7, 11) is 0. The molecule has 5 heteroatoms. The Morgan fingerprint density at radius 1 is 1.43 bits per heavy atom. The first-order chi connectivity index (χ1) is 10.2. The van der Waals surface area contributed by atoms with Crippen molar-refractivity contribution in [1.82, 2.24) is 5.43 Å². The van der Waals surface area contributed by atoms with Crippen molar-refractivity contribution in [3.05, 3.63) is 50.2 Å². The van der Waals surface area contributed by atoms with E-state index in [-0.39, 0.29) is 6.04 Å². The molecule has 1 atom stereocenters. The number of rotatable bonds is 5. The molecule has 3 rings (SSSR count). The number of aryl methyl sites for hydroxylation is 1. The molecule has 3 nitrogen and oxygen atoms in total. The Morgan fingerprint density at radius 3 is 3.05 bits per heavy atom. The summed E-state index contributed by atoms with van der Waals surface area (Å²) in [5, 5.41) is 2.89. The van der Waals surface area contributed by atoms with E-state index in [4.69, 9.17) is 22.2 Å². The summed E-state index contributed by atoms with van der Waals surface area (Å²) in [5.41, 5.74) is 6.64. The highest BCUT2D eigenvalue weighted by molar-refractivity contribution is 7.10. The molecular formula is C16H19ClN2OS. The fraction of sp³-hybridized carbons (Fsp3) is 0.375. The molecule has 0 radical (unpaired) electrons. The summed E-state index contributed by atoms with van der Waals surface area (Å²) in [6.07, 6.45) is 2.73. The van der Waals surface area contributed by atoms with E-state index >= 15 is 0 Å². The van der Waals surface area contributed by atoms with Crippen LogP contribution in [-0.4, -0.2) is 6.61 Å². The Hall–Kier alpha value is -1.07. The van der Waals surface area contributed by atoms with Crippen molar-refractivity contribution in [2.75, 3.05) is 6.61 Å². The van der Waals surface area contributed by atoms with E-state index in [1.54, 1.807) is 11.3 Å². The average molecular weight is 323 g/mol. The molecule has 1 aromatic carbocycles. The molecule has 0 amide bonds. The predicted molar refractivity (Wildman–Crippen MR) is 88.1 cm³/mol. The van der Waals surface area contributed by atoms with Crippen LogP contribution in [0, 0.1) is 0 Å². The van der Waals surface area contributed by atoms with Crippen molar-refractivity contribution in [3.63, 3.8) is 0 Å². The van der Waals surface area contributed by atoms with Gasteiger partial charge in [-0.15, -0.1) is 11.3 Å². The van der Waals surface area contributed by atoms with Gasteiger partial charge in [-0.1, -0.05) is 18.5 Å². The van der Waals surface area contributed by atoms with Gasteiger partial charge in [0.25, 0.3) is 0 Å². The predicted octanol–water partition coefficient (Wildman–Crippen LogP) is 3.65. The number of hydrogen-bond acceptors (Lipinski definition) is 4. The second-order valence-electron chi connectivity index (χ2n) is 5.24. The summed E-state index contributed by atoms with van der Waals surface area (Å²) in [6.45, 7) is 2.90. The quantitative estimate of drug-likeness (QED) is 0.652. The molecule has 3 N–H and O–H groups in total. The lowest BCUT2D eigenvalue weighted by molar-refractivity contribution is 0.351. The molecule has 2 aromatic rings. The summed E-state index contributed by atoms with van der Waals surface area (Å²) in [5.74, 6) is 6.80. The van der Waals surface area contributed by atoms with Gasteiger partial charge in [-0.05, 0) is 53.1 Å². The van der Waals surface area contributed by atoms with Crippen LogP contribution < -0.4 is 16.0 Å². The fourth-order valence-corrected chi connectivity index (χ4v) is 4.21. The first kappa shape index (κ1) is 14.9. The third kappa shape index (κ3) is 2.94. The van der Waals surface area contributed by atoms with Gasteiger partial charge in [0.05, 0.1) is 12.6 Å². The summed E-state index contributed by atoms with van der Waals surface area (Å²) in [6, 6.07) is 6.26. The van der Waals surface area contributed by atoms with Gasteiger partial charge in [-0.25, -0.2) is 0 Å². The van der Waals surface area contributed by atoms with Crippen LogP contribution in [0.5, 0.6) is 5.75 Å². The van der Waals surface area contributed by atoms with E-state index in [9.17, 15) is 0 Å². The Labute approximate surface area is 134 Å². The Morgan fingerprint density at radius 2 is 2.29 bits per heavy atom. The molecule has 0 spiro atoms. The molecule has 0 saturated carbocycles. The van der Waals surface area contributed by atoms with Crippen LogP contribution in [0.2, 0.25) is 5.02 Å². The van der Waals surface area contributed by atoms with Gasteiger partial charge >= 0.3 is 0 Å². The minimum atomic E-state index is 0.0896. The van der Waals surface area contributed by atoms with Crippen molar-refractivity contribution < 1.29 is 4.74 Å². The molecule has 1 aromatic heterocycles. The smallest absolute Gasteiger partial charge is 0.125 e. The first-order valence-corrected chi connectivity index (χ1v) is 8.45. The third-order valence-corrected chi connectivity index (χ3v) is 5.22. The lowest BCUT2D eigenvalue weighted by Crippen LogP contribution is -2.29. The van der Waals surface area contributed by atoms with Crippen LogP contribution in [-0.2, 0) is 19.3 Å². The molecule has 2 heterocycles. The van der Waals surface area contributed by atoms with Crippen molar-refractivity contribution in [3.8, 4) is 5.75 Å². The van der Waals surface area contributed by atoms with Gasteiger partial charge < -0.3 is 4.74 Å². The molecule has 112 valence electrons. The topological polar surface area (TPSA) is 47.3 Å². The monoisotopic (exact) mass is 322 g/mol. The molecule has 1 aliphatic heterocycles. The standard InChI is InChI=1S/C16H19ClN2OS/c1-2-10-4-6-21-16(10)14(19-18)9-12-8-13(17)7-11-3-5-20-15(11)12/h4,6-8,14,19H,2-3,5,9,18H2,1H3. The van der Waals surface area contributed by atoms with E-state index in [0.29, 0.717) is 0 Å². The van der Waals surface area contributed by atoms with E-state index in [1.807, 2.05) is 12.1 Å². The maximum absolute atomic E-state index is 6.23. The number of ether oxygens (including phenoxy) is 1. The highest BCUT2D eigenvalue weighted by atomic mass is 35.5. The Kier molecular flexibility index (Phi) is 4.50. The zero-order valence-electron chi connectivity index (χ0n) is 12.0. The third-order valence-electron chi connectivity index (χ3n) is 3.93. The normalized spacial score (nSPS) is 14.8. The molecule has 21 heavy (non-hydrogen) atoms. The van der Waals surface area contributed by atoms with Crippen molar-refractivity contribution in [2.24, 2.45) is 5.84 Å². The highest BCUT2D eigenvalue weighted by Gasteiger charge is 2.22. The van der Waals surface area contributed by atoms with Crippen LogP contribution in [0.3, 0.4) is 0 Å². The molecule has 0 saturated heterocycles. The number of fused-ring (bicyclic) bond motifs is 1. The van der Waals surface area contributed by atoms with E-state index in [0.717, 1.165) is 42.2 Å². The largest absolute Gasteiger partial charge is 0.493 e. The van der Waals surface area contributed by atoms with Crippen LogP contribution >= 0.6 is 22.9 Å². The van der Waals surface area contributed by atoms with Gasteiger partial charge in [0.15, 0.2) is 0 Å². The van der Waals surface area contributed by atoms with Crippen LogP contribution in [0.15, 0.2) is 23.6 Å². The SMILES string of the molecule is CCc1ccsc1C(Cc1cc(Cl)cc2c1OCC2)NN. The Balaban J connectivity index is 1.92. The summed E-state index contributed by atoms with van der Waals surface area (Å²) < 4.78 is 5.78. The average Bonchev–Trinajstić information content (AvgIpc) is 3.12. The van der Waals surface area contributed by atoms with E-state index in [1.165, 1.54) is 16.0 Å². The second kappa shape index (κ2) is 6.36. The number of benzene rings is 1. The van der Waals surface area contributed by atoms with Crippen LogP contribution in [0.4, 0.5) is 0 Å². The number of nitrogens with two attached hydrogens (primary N) is 1. The second-order valence-corrected chi connectivity index (χ2v) is 6.62. The number of thiophene rings is 1. The van der Waals surface area contributed by atoms with Crippen molar-refractivity contribution in [2.45, 2.75) is 32.2 Å². The van der Waals surface area contributed by atoms with Crippen molar-refractivity contribution >= 4 is 22.9 Å². The number of halogens is 1. The zero-order valence-corrected chi connectivity index (χ0v) is 13.6. The lowest BCUT2D eigenvalue weighted by atomic mass is 9.99. The van der Waals surface area contributed by atoms with Crippen molar-refractivity contribution in [1.29, 1.82) is 0 Å². The maximum Gasteiger partial charge on any atom is 0.125 e. The molecule has 0 fully saturated rings. The molecule has 1 aliphatic rings. The fourth-order valence-electron chi connectivity index (χ4n) is 2.89. The number of hydrogen-bond donors (Lipinski definition) is 2. The van der Waals surface area contributed by atoms with Crippen LogP contribution in [0.25, 0.3) is 0 Å². The first-order valence-electron chi connectivity index (χ1n) is 7.19. The summed E-state index contributed by atoms with van der Waals surface area (Å²) in [4.78, 5) is 1.30. The molecule has 1 unspecified atom stereocenters. The zero-order chi connectivity index (χ0) is 14.8. The van der Waals surface area contributed by atoms with Gasteiger partial charge in [-0.2, -0.15) is 0 Å². The van der Waals surface area contributed by atoms with Gasteiger partial charge in [-0.3, -0.25) is 11.3 Å². The lowest BCUT2D eigenvalue weighted by Gasteiger charge is -2.18. The molecule has 0 aliphatic carbocycles. The van der Waals surface area contributed by atoms with E-state index in [2.05, 4.69) is 23.8 Å². The maximum atomic E-state index is 6.23. The number of nitrogens with one attached hydrogen (secondary N) is 1. The van der Waals surface area contributed by atoms with Gasteiger partial charge in [0.2, 0.25) is 0 Å². The highest BCUT2D eigenvalue weighted by Crippen LogP contribution is 2.36. The Bertz CT molecular complexity index is 641. The van der Waals surface area contributed by atoms with E-state index < -0.39 is 0 Å². The molecular weight excluding hydrogens is 304 g/mol. The number of hydrazine groups is 1. The van der Waals surface area contributed by atoms with Gasteiger partial charge in [0, 0.05) is 16.3 Å². The molecule has 0 bridgehead atoms. The minimum absolute atomic E-state index is 0.0896. The summed E-state index contributed by atoms with van der Waals surface area (Å²) >= 11 is 7.98. The van der Waals surface area contributed by atoms with Gasteiger partial charge in [0.1, 0.15) is 5.75 Å². The minimum Gasteiger partial charge on any atom is -0.493 e.